The van der Waals surface area contributed by atoms with Crippen LogP contribution >= 0.6 is 0 Å². The minimum atomic E-state index is -0.428. The summed E-state index contributed by atoms with van der Waals surface area (Å²) < 4.78 is 4.94. The Morgan fingerprint density at radius 3 is 3.00 bits per heavy atom. The highest BCUT2D eigenvalue weighted by Crippen LogP contribution is 2.46. The van der Waals surface area contributed by atoms with E-state index in [2.05, 4.69) is 0 Å². The molecular formula is C11H16O3. The molecule has 2 rings (SSSR count). The molecule has 0 aromatic carbocycles. The molecule has 3 nitrogen and oxygen atoms in total. The van der Waals surface area contributed by atoms with E-state index < -0.39 is 5.92 Å². The maximum Gasteiger partial charge on any atom is 0.316 e. The van der Waals surface area contributed by atoms with E-state index in [1.807, 2.05) is 0 Å². The first-order chi connectivity index (χ1) is 6.74. The van der Waals surface area contributed by atoms with Crippen molar-refractivity contribution in [2.75, 3.05) is 6.61 Å². The second-order valence-electron chi connectivity index (χ2n) is 4.25. The van der Waals surface area contributed by atoms with Crippen molar-refractivity contribution in [1.29, 1.82) is 0 Å². The summed E-state index contributed by atoms with van der Waals surface area (Å²) >= 11 is 0. The zero-order valence-electron chi connectivity index (χ0n) is 8.49. The van der Waals surface area contributed by atoms with Gasteiger partial charge in [0.15, 0.2) is 0 Å². The second-order valence-corrected chi connectivity index (χ2v) is 4.25. The molecule has 0 aromatic rings. The Balaban J connectivity index is 2.09. The molecule has 2 aliphatic rings. The highest BCUT2D eigenvalue weighted by atomic mass is 16.5. The van der Waals surface area contributed by atoms with E-state index in [9.17, 15) is 9.59 Å². The molecule has 2 aliphatic carbocycles. The average Bonchev–Trinajstić information content (AvgIpc) is 2.63. The first-order valence-electron chi connectivity index (χ1n) is 5.43. The molecule has 14 heavy (non-hydrogen) atoms. The minimum Gasteiger partial charge on any atom is -0.465 e. The van der Waals surface area contributed by atoms with Gasteiger partial charge in [-0.2, -0.15) is 0 Å². The highest BCUT2D eigenvalue weighted by molar-refractivity contribution is 6.01. The third-order valence-corrected chi connectivity index (χ3v) is 3.50. The van der Waals surface area contributed by atoms with Gasteiger partial charge in [0.25, 0.3) is 0 Å². The fourth-order valence-corrected chi connectivity index (χ4v) is 2.92. The van der Waals surface area contributed by atoms with Gasteiger partial charge in [0.05, 0.1) is 6.61 Å². The van der Waals surface area contributed by atoms with Crippen LogP contribution in [0.2, 0.25) is 0 Å². The van der Waals surface area contributed by atoms with Crippen LogP contribution in [0.1, 0.15) is 32.6 Å². The summed E-state index contributed by atoms with van der Waals surface area (Å²) in [5, 5.41) is 0. The molecule has 0 bridgehead atoms. The van der Waals surface area contributed by atoms with Gasteiger partial charge in [-0.05, 0) is 31.6 Å². The van der Waals surface area contributed by atoms with E-state index in [0.29, 0.717) is 24.9 Å². The zero-order chi connectivity index (χ0) is 10.1. The molecule has 0 aliphatic heterocycles. The number of hydrogen-bond acceptors (Lipinski definition) is 3. The summed E-state index contributed by atoms with van der Waals surface area (Å²) in [5.74, 6) is 0.158. The zero-order valence-corrected chi connectivity index (χ0v) is 8.49. The van der Waals surface area contributed by atoms with E-state index in [4.69, 9.17) is 4.74 Å². The van der Waals surface area contributed by atoms with Gasteiger partial charge in [-0.3, -0.25) is 9.59 Å². The van der Waals surface area contributed by atoms with Crippen LogP contribution in [-0.2, 0) is 14.3 Å². The standard InChI is InChI=1S/C11H16O3/c1-2-14-11(13)10-8-5-3-4-7(8)6-9(10)12/h7-8,10H,2-6H2,1H3. The molecule has 0 saturated heterocycles. The SMILES string of the molecule is CCOC(=O)C1C(=O)CC2CCCC21. The van der Waals surface area contributed by atoms with Crippen LogP contribution in [0.15, 0.2) is 0 Å². The number of fused-ring (bicyclic) bond motifs is 1. The van der Waals surface area contributed by atoms with E-state index in [1.54, 1.807) is 6.92 Å². The van der Waals surface area contributed by atoms with Crippen molar-refractivity contribution >= 4 is 11.8 Å². The molecule has 2 fully saturated rings. The Bertz CT molecular complexity index is 259. The summed E-state index contributed by atoms with van der Waals surface area (Å²) in [6, 6.07) is 0. The third kappa shape index (κ3) is 1.45. The smallest absolute Gasteiger partial charge is 0.316 e. The summed E-state index contributed by atoms with van der Waals surface area (Å²) in [6.45, 7) is 2.16. The van der Waals surface area contributed by atoms with Crippen LogP contribution < -0.4 is 0 Å². The second kappa shape index (κ2) is 3.71. The quantitative estimate of drug-likeness (QED) is 0.497. The lowest BCUT2D eigenvalue weighted by Gasteiger charge is -2.14. The Kier molecular flexibility index (Phi) is 2.57. The van der Waals surface area contributed by atoms with Crippen LogP contribution in [-0.4, -0.2) is 18.4 Å². The number of carbonyl (C=O) groups is 2. The van der Waals surface area contributed by atoms with Gasteiger partial charge < -0.3 is 4.74 Å². The first kappa shape index (κ1) is 9.69. The average molecular weight is 196 g/mol. The monoisotopic (exact) mass is 196 g/mol. The topological polar surface area (TPSA) is 43.4 Å². The van der Waals surface area contributed by atoms with E-state index in [0.717, 1.165) is 12.8 Å². The van der Waals surface area contributed by atoms with Gasteiger partial charge in [0, 0.05) is 6.42 Å². The van der Waals surface area contributed by atoms with Crippen LogP contribution in [0, 0.1) is 17.8 Å². The lowest BCUT2D eigenvalue weighted by molar-refractivity contribution is -0.152. The normalized spacial score (nSPS) is 35.8. The predicted octanol–water partition coefficient (Wildman–Crippen LogP) is 1.55. The minimum absolute atomic E-state index is 0.109. The molecular weight excluding hydrogens is 180 g/mol. The predicted molar refractivity (Wildman–Crippen MR) is 50.6 cm³/mol. The van der Waals surface area contributed by atoms with Crippen molar-refractivity contribution in [2.24, 2.45) is 17.8 Å². The van der Waals surface area contributed by atoms with E-state index in [-0.39, 0.29) is 11.8 Å². The van der Waals surface area contributed by atoms with Gasteiger partial charge in [-0.1, -0.05) is 6.42 Å². The summed E-state index contributed by atoms with van der Waals surface area (Å²) in [6.07, 6.45) is 3.92. The number of hydrogen-bond donors (Lipinski definition) is 0. The van der Waals surface area contributed by atoms with Crippen molar-refractivity contribution < 1.29 is 14.3 Å². The maximum absolute atomic E-state index is 11.6. The van der Waals surface area contributed by atoms with Gasteiger partial charge in [0.1, 0.15) is 11.7 Å². The fraction of sp³-hybridized carbons (Fsp3) is 0.818. The number of Topliss-reactive ketones (excluding diaryl/α,β-unsaturated/α-hetero) is 1. The molecule has 3 atom stereocenters. The van der Waals surface area contributed by atoms with Crippen LogP contribution in [0.3, 0.4) is 0 Å². The summed E-state index contributed by atoms with van der Waals surface area (Å²) in [5.41, 5.74) is 0. The van der Waals surface area contributed by atoms with E-state index in [1.165, 1.54) is 6.42 Å². The summed E-state index contributed by atoms with van der Waals surface area (Å²) in [7, 11) is 0. The Morgan fingerprint density at radius 1 is 1.50 bits per heavy atom. The van der Waals surface area contributed by atoms with Crippen molar-refractivity contribution in [3.8, 4) is 0 Å². The molecule has 3 unspecified atom stereocenters. The maximum atomic E-state index is 11.6. The number of ether oxygens (including phenoxy) is 1. The molecule has 3 heteroatoms. The molecule has 0 aromatic heterocycles. The lowest BCUT2D eigenvalue weighted by Crippen LogP contribution is -2.27. The lowest BCUT2D eigenvalue weighted by atomic mass is 9.92. The number of carbonyl (C=O) groups excluding carboxylic acids is 2. The largest absolute Gasteiger partial charge is 0.465 e. The molecule has 78 valence electrons. The fourth-order valence-electron chi connectivity index (χ4n) is 2.92. The Labute approximate surface area is 83.8 Å². The van der Waals surface area contributed by atoms with Gasteiger partial charge in [-0.25, -0.2) is 0 Å². The third-order valence-electron chi connectivity index (χ3n) is 3.50. The number of rotatable bonds is 2. The number of ketones is 1. The Hall–Kier alpha value is -0.860. The van der Waals surface area contributed by atoms with Crippen LogP contribution in [0.25, 0.3) is 0 Å². The number of esters is 1. The van der Waals surface area contributed by atoms with E-state index >= 15 is 0 Å². The van der Waals surface area contributed by atoms with Gasteiger partial charge in [-0.15, -0.1) is 0 Å². The van der Waals surface area contributed by atoms with Crippen molar-refractivity contribution in [3.63, 3.8) is 0 Å². The van der Waals surface area contributed by atoms with Crippen molar-refractivity contribution in [3.05, 3.63) is 0 Å². The van der Waals surface area contributed by atoms with Crippen LogP contribution in [0.4, 0.5) is 0 Å². The van der Waals surface area contributed by atoms with Crippen LogP contribution in [0.5, 0.6) is 0 Å². The molecule has 0 N–H and O–H groups in total. The highest BCUT2D eigenvalue weighted by Gasteiger charge is 2.48. The molecule has 0 spiro atoms. The molecule has 0 radical (unpaired) electrons. The Morgan fingerprint density at radius 2 is 2.29 bits per heavy atom. The molecule has 0 amide bonds. The molecule has 0 heterocycles. The van der Waals surface area contributed by atoms with Gasteiger partial charge in [0.2, 0.25) is 0 Å². The van der Waals surface area contributed by atoms with Crippen molar-refractivity contribution in [1.82, 2.24) is 0 Å². The summed E-state index contributed by atoms with van der Waals surface area (Å²) in [4.78, 5) is 23.2. The first-order valence-corrected chi connectivity index (χ1v) is 5.43. The van der Waals surface area contributed by atoms with Gasteiger partial charge >= 0.3 is 5.97 Å². The van der Waals surface area contributed by atoms with Crippen molar-refractivity contribution in [2.45, 2.75) is 32.6 Å². The molecule has 2 saturated carbocycles.